The molecule has 1 amide bonds. The first-order chi connectivity index (χ1) is 9.67. The van der Waals surface area contributed by atoms with Gasteiger partial charge in [-0.2, -0.15) is 0 Å². The van der Waals surface area contributed by atoms with Gasteiger partial charge in [-0.1, -0.05) is 27.7 Å². The lowest BCUT2D eigenvalue weighted by Gasteiger charge is -2.39. The highest BCUT2D eigenvalue weighted by Crippen LogP contribution is 2.38. The molecular weight excluding hydrogens is 266 g/mol. The summed E-state index contributed by atoms with van der Waals surface area (Å²) in [7, 11) is 1.84. The Hall–Kier alpha value is -1.06. The predicted octanol–water partition coefficient (Wildman–Crippen LogP) is 3.69. The highest BCUT2D eigenvalue weighted by atomic mass is 16.4. The van der Waals surface area contributed by atoms with Crippen LogP contribution in [-0.2, 0) is 9.59 Å². The zero-order valence-electron chi connectivity index (χ0n) is 14.2. The summed E-state index contributed by atoms with van der Waals surface area (Å²) >= 11 is 0. The summed E-state index contributed by atoms with van der Waals surface area (Å²) in [6.45, 7) is 8.26. The van der Waals surface area contributed by atoms with Crippen LogP contribution in [0.1, 0.15) is 72.6 Å². The molecule has 1 N–H and O–H groups in total. The van der Waals surface area contributed by atoms with Crippen molar-refractivity contribution in [2.75, 3.05) is 7.05 Å². The second-order valence-electron chi connectivity index (χ2n) is 7.37. The third-order valence-corrected chi connectivity index (χ3v) is 5.55. The summed E-state index contributed by atoms with van der Waals surface area (Å²) in [5, 5.41) is 9.46. The lowest BCUT2D eigenvalue weighted by atomic mass is 9.75. The molecular formula is C17H31NO3. The number of carboxylic acid groups (broad SMARTS) is 1. The third-order valence-electron chi connectivity index (χ3n) is 5.55. The van der Waals surface area contributed by atoms with Crippen LogP contribution in [0, 0.1) is 10.8 Å². The first-order valence-corrected chi connectivity index (χ1v) is 8.16. The van der Waals surface area contributed by atoms with Crippen LogP contribution in [0.2, 0.25) is 0 Å². The molecule has 1 saturated carbocycles. The topological polar surface area (TPSA) is 57.6 Å². The number of hydrogen-bond acceptors (Lipinski definition) is 2. The van der Waals surface area contributed by atoms with Gasteiger partial charge in [-0.25, -0.2) is 0 Å². The van der Waals surface area contributed by atoms with Crippen LogP contribution in [0.5, 0.6) is 0 Å². The summed E-state index contributed by atoms with van der Waals surface area (Å²) < 4.78 is 0. The van der Waals surface area contributed by atoms with Crippen LogP contribution in [0.15, 0.2) is 0 Å². The van der Waals surface area contributed by atoms with Crippen molar-refractivity contribution >= 4 is 11.9 Å². The largest absolute Gasteiger partial charge is 0.481 e. The molecule has 0 spiro atoms. The molecule has 21 heavy (non-hydrogen) atoms. The van der Waals surface area contributed by atoms with Crippen LogP contribution in [0.4, 0.5) is 0 Å². The molecule has 4 nitrogen and oxygen atoms in total. The maximum Gasteiger partial charge on any atom is 0.310 e. The Kier molecular flexibility index (Phi) is 5.83. The molecule has 0 bridgehead atoms. The van der Waals surface area contributed by atoms with Crippen molar-refractivity contribution in [3.05, 3.63) is 0 Å². The van der Waals surface area contributed by atoms with E-state index in [0.29, 0.717) is 18.3 Å². The van der Waals surface area contributed by atoms with E-state index in [9.17, 15) is 14.7 Å². The van der Waals surface area contributed by atoms with Gasteiger partial charge in [0.2, 0.25) is 5.91 Å². The van der Waals surface area contributed by atoms with Gasteiger partial charge in [0.15, 0.2) is 0 Å². The molecule has 1 fully saturated rings. The van der Waals surface area contributed by atoms with E-state index in [1.165, 1.54) is 0 Å². The molecule has 0 aromatic carbocycles. The van der Waals surface area contributed by atoms with E-state index >= 15 is 0 Å². The fraction of sp³-hybridized carbons (Fsp3) is 0.882. The minimum absolute atomic E-state index is 0.0224. The number of carbonyl (C=O) groups is 2. The Morgan fingerprint density at radius 3 is 2.05 bits per heavy atom. The van der Waals surface area contributed by atoms with Gasteiger partial charge in [-0.05, 0) is 43.9 Å². The van der Waals surface area contributed by atoms with E-state index in [4.69, 9.17) is 0 Å². The molecule has 122 valence electrons. The Labute approximate surface area is 128 Å². The standard InChI is InChI=1S/C17H31NO3/c1-6-17(7-2,15(20)21)12-14(19)18(5)13-8-10-16(3,4)11-9-13/h13H,6-12H2,1-5H3,(H,20,21). The summed E-state index contributed by atoms with van der Waals surface area (Å²) in [4.78, 5) is 25.8. The molecule has 0 radical (unpaired) electrons. The minimum Gasteiger partial charge on any atom is -0.481 e. The lowest BCUT2D eigenvalue weighted by molar-refractivity contribution is -0.154. The molecule has 0 aromatic heterocycles. The van der Waals surface area contributed by atoms with Crippen molar-refractivity contribution in [2.24, 2.45) is 10.8 Å². The number of amides is 1. The smallest absolute Gasteiger partial charge is 0.310 e. The van der Waals surface area contributed by atoms with Gasteiger partial charge in [0.05, 0.1) is 5.41 Å². The fourth-order valence-corrected chi connectivity index (χ4v) is 3.27. The van der Waals surface area contributed by atoms with Gasteiger partial charge in [-0.3, -0.25) is 9.59 Å². The molecule has 0 unspecified atom stereocenters. The Morgan fingerprint density at radius 1 is 1.19 bits per heavy atom. The zero-order valence-corrected chi connectivity index (χ0v) is 14.2. The van der Waals surface area contributed by atoms with Gasteiger partial charge in [0, 0.05) is 19.5 Å². The molecule has 1 aliphatic rings. The molecule has 0 aromatic rings. The molecule has 0 heterocycles. The van der Waals surface area contributed by atoms with Gasteiger partial charge in [0.1, 0.15) is 0 Å². The SMILES string of the molecule is CCC(CC)(CC(=O)N(C)C1CCC(C)(C)CC1)C(=O)O. The summed E-state index contributed by atoms with van der Waals surface area (Å²) in [6.07, 6.45) is 5.40. The van der Waals surface area contributed by atoms with Crippen molar-refractivity contribution < 1.29 is 14.7 Å². The molecule has 0 atom stereocenters. The van der Waals surface area contributed by atoms with Crippen LogP contribution in [0.25, 0.3) is 0 Å². The number of carboxylic acids is 1. The van der Waals surface area contributed by atoms with Gasteiger partial charge in [-0.15, -0.1) is 0 Å². The van der Waals surface area contributed by atoms with E-state index in [-0.39, 0.29) is 18.4 Å². The Morgan fingerprint density at radius 2 is 1.67 bits per heavy atom. The first kappa shape index (κ1) is 18.0. The maximum atomic E-state index is 12.5. The Bertz CT molecular complexity index is 375. The number of hydrogen-bond donors (Lipinski definition) is 1. The van der Waals surface area contributed by atoms with E-state index in [2.05, 4.69) is 13.8 Å². The summed E-state index contributed by atoms with van der Waals surface area (Å²) in [5.41, 5.74) is -0.530. The van der Waals surface area contributed by atoms with Gasteiger partial charge in [0.25, 0.3) is 0 Å². The summed E-state index contributed by atoms with van der Waals surface area (Å²) in [5.74, 6) is -0.871. The maximum absolute atomic E-state index is 12.5. The van der Waals surface area contributed by atoms with Crippen molar-refractivity contribution in [3.63, 3.8) is 0 Å². The highest BCUT2D eigenvalue weighted by Gasteiger charge is 2.39. The van der Waals surface area contributed by atoms with Crippen LogP contribution in [0.3, 0.4) is 0 Å². The van der Waals surface area contributed by atoms with E-state index in [1.54, 1.807) is 4.90 Å². The van der Waals surface area contributed by atoms with Gasteiger partial charge < -0.3 is 10.0 Å². The second kappa shape index (κ2) is 6.80. The van der Waals surface area contributed by atoms with E-state index < -0.39 is 11.4 Å². The van der Waals surface area contributed by atoms with Crippen LogP contribution >= 0.6 is 0 Å². The molecule has 4 heteroatoms. The van der Waals surface area contributed by atoms with E-state index in [0.717, 1.165) is 25.7 Å². The molecule has 1 aliphatic carbocycles. The number of rotatable bonds is 6. The predicted molar refractivity (Wildman–Crippen MR) is 84.1 cm³/mol. The fourth-order valence-electron chi connectivity index (χ4n) is 3.27. The van der Waals surface area contributed by atoms with Crippen LogP contribution < -0.4 is 0 Å². The number of nitrogens with zero attached hydrogens (tertiary/aromatic N) is 1. The second-order valence-corrected chi connectivity index (χ2v) is 7.37. The van der Waals surface area contributed by atoms with Crippen molar-refractivity contribution in [3.8, 4) is 0 Å². The summed E-state index contributed by atoms with van der Waals surface area (Å²) in [6, 6.07) is 0.269. The van der Waals surface area contributed by atoms with E-state index in [1.807, 2.05) is 20.9 Å². The zero-order chi connectivity index (χ0) is 16.3. The van der Waals surface area contributed by atoms with Gasteiger partial charge >= 0.3 is 5.97 Å². The number of carbonyl (C=O) groups excluding carboxylic acids is 1. The number of aliphatic carboxylic acids is 1. The van der Waals surface area contributed by atoms with Crippen molar-refractivity contribution in [1.82, 2.24) is 4.90 Å². The average Bonchev–Trinajstić information content (AvgIpc) is 2.43. The van der Waals surface area contributed by atoms with Crippen molar-refractivity contribution in [2.45, 2.75) is 78.7 Å². The molecule has 1 rings (SSSR count). The van der Waals surface area contributed by atoms with Crippen LogP contribution in [-0.4, -0.2) is 35.0 Å². The normalized spacial score (nSPS) is 19.3. The highest BCUT2D eigenvalue weighted by molar-refractivity contribution is 5.85. The quantitative estimate of drug-likeness (QED) is 0.813. The first-order valence-electron chi connectivity index (χ1n) is 8.16. The van der Waals surface area contributed by atoms with Crippen molar-refractivity contribution in [1.29, 1.82) is 0 Å². The third kappa shape index (κ3) is 4.21. The lowest BCUT2D eigenvalue weighted by Crippen LogP contribution is -2.44. The Balaban J connectivity index is 2.68. The average molecular weight is 297 g/mol. The monoisotopic (exact) mass is 297 g/mol. The minimum atomic E-state index is -0.903. The molecule has 0 aliphatic heterocycles. The molecule has 0 saturated heterocycles.